The zero-order valence-corrected chi connectivity index (χ0v) is 15.0. The molecule has 1 aromatic carbocycles. The minimum absolute atomic E-state index is 0.0126. The van der Waals surface area contributed by atoms with Gasteiger partial charge < -0.3 is 15.3 Å². The summed E-state index contributed by atoms with van der Waals surface area (Å²) in [6, 6.07) is 8.64. The highest BCUT2D eigenvalue weighted by molar-refractivity contribution is 5.74. The van der Waals surface area contributed by atoms with Crippen LogP contribution in [0.15, 0.2) is 24.3 Å². The van der Waals surface area contributed by atoms with E-state index < -0.39 is 0 Å². The molecule has 132 valence electrons. The fraction of sp³-hybridized carbons (Fsp3) is 0.650. The van der Waals surface area contributed by atoms with Crippen LogP contribution >= 0.6 is 0 Å². The first kappa shape index (κ1) is 17.3. The number of likely N-dealkylation sites (tertiary alicyclic amines) is 1. The minimum atomic E-state index is -0.156. The van der Waals surface area contributed by atoms with Gasteiger partial charge in [-0.2, -0.15) is 0 Å². The van der Waals surface area contributed by atoms with E-state index in [1.54, 1.807) is 0 Å². The van der Waals surface area contributed by atoms with E-state index in [0.29, 0.717) is 13.1 Å². The molecule has 0 spiro atoms. The number of aryl methyl sites for hydroxylation is 1. The number of amides is 2. The van der Waals surface area contributed by atoms with Crippen LogP contribution in [-0.4, -0.2) is 42.3 Å². The van der Waals surface area contributed by atoms with E-state index in [9.17, 15) is 9.90 Å². The molecule has 0 radical (unpaired) electrons. The highest BCUT2D eigenvalue weighted by Gasteiger charge is 2.35. The third-order valence-corrected chi connectivity index (χ3v) is 5.92. The first-order valence-electron chi connectivity index (χ1n) is 9.18. The first-order chi connectivity index (χ1) is 11.5. The number of carbonyl (C=O) groups is 1. The number of benzene rings is 1. The second-order valence-corrected chi connectivity index (χ2v) is 8.22. The molecule has 2 N–H and O–H groups in total. The maximum Gasteiger partial charge on any atom is 0.317 e. The van der Waals surface area contributed by atoms with Gasteiger partial charge in [-0.05, 0) is 43.2 Å². The van der Waals surface area contributed by atoms with Gasteiger partial charge in [-0.25, -0.2) is 4.79 Å². The number of aliphatic hydroxyl groups excluding tert-OH is 1. The largest absolute Gasteiger partial charge is 0.396 e. The lowest BCUT2D eigenvalue weighted by molar-refractivity contribution is 0.0611. The van der Waals surface area contributed by atoms with Gasteiger partial charge in [-0.1, -0.05) is 38.1 Å². The number of fused-ring (bicyclic) bond motifs is 1. The number of hydrogen-bond donors (Lipinski definition) is 2. The molecule has 1 aromatic rings. The van der Waals surface area contributed by atoms with E-state index >= 15 is 0 Å². The lowest BCUT2D eigenvalue weighted by Gasteiger charge is -2.40. The van der Waals surface area contributed by atoms with E-state index in [1.807, 2.05) is 4.90 Å². The fourth-order valence-electron chi connectivity index (χ4n) is 4.31. The number of hydrogen-bond acceptors (Lipinski definition) is 2. The van der Waals surface area contributed by atoms with Gasteiger partial charge in [0, 0.05) is 30.5 Å². The summed E-state index contributed by atoms with van der Waals surface area (Å²) in [6.45, 7) is 6.57. The molecule has 0 aromatic heterocycles. The van der Waals surface area contributed by atoms with Crippen molar-refractivity contribution in [2.45, 2.75) is 51.4 Å². The molecule has 4 heteroatoms. The molecule has 24 heavy (non-hydrogen) atoms. The molecule has 2 atom stereocenters. The van der Waals surface area contributed by atoms with E-state index in [0.717, 1.165) is 32.2 Å². The Kier molecular flexibility index (Phi) is 4.86. The number of rotatable bonds is 3. The van der Waals surface area contributed by atoms with Crippen molar-refractivity contribution >= 4 is 6.03 Å². The third-order valence-electron chi connectivity index (χ3n) is 5.92. The normalized spacial score (nSPS) is 29.9. The van der Waals surface area contributed by atoms with Gasteiger partial charge in [0.15, 0.2) is 0 Å². The van der Waals surface area contributed by atoms with Crippen LogP contribution in [0.5, 0.6) is 0 Å². The second-order valence-electron chi connectivity index (χ2n) is 8.22. The van der Waals surface area contributed by atoms with Gasteiger partial charge in [-0.15, -0.1) is 0 Å². The van der Waals surface area contributed by atoms with Crippen LogP contribution in [0.2, 0.25) is 0 Å². The Labute approximate surface area is 145 Å². The van der Waals surface area contributed by atoms with E-state index in [-0.39, 0.29) is 23.5 Å². The van der Waals surface area contributed by atoms with E-state index in [4.69, 9.17) is 0 Å². The highest BCUT2D eigenvalue weighted by atomic mass is 16.3. The summed E-state index contributed by atoms with van der Waals surface area (Å²) in [4.78, 5) is 14.5. The Morgan fingerprint density at radius 3 is 2.83 bits per heavy atom. The van der Waals surface area contributed by atoms with Crippen LogP contribution in [0.3, 0.4) is 0 Å². The Balaban J connectivity index is 1.64. The third kappa shape index (κ3) is 3.44. The maximum atomic E-state index is 12.6. The average Bonchev–Trinajstić information content (AvgIpc) is 2.60. The van der Waals surface area contributed by atoms with Crippen LogP contribution in [0.25, 0.3) is 0 Å². The Morgan fingerprint density at radius 1 is 1.25 bits per heavy atom. The van der Waals surface area contributed by atoms with Crippen molar-refractivity contribution in [3.63, 3.8) is 0 Å². The molecule has 1 saturated heterocycles. The lowest BCUT2D eigenvalue weighted by Crippen LogP contribution is -2.52. The molecule has 0 saturated carbocycles. The topological polar surface area (TPSA) is 52.6 Å². The van der Waals surface area contributed by atoms with Crippen molar-refractivity contribution in [3.05, 3.63) is 35.4 Å². The molecule has 2 unspecified atom stereocenters. The highest BCUT2D eigenvalue weighted by Crippen LogP contribution is 2.36. The molecule has 4 nitrogen and oxygen atoms in total. The number of carbonyl (C=O) groups excluding carboxylic acids is 1. The summed E-state index contributed by atoms with van der Waals surface area (Å²) in [6.07, 6.45) is 5.37. The summed E-state index contributed by atoms with van der Waals surface area (Å²) in [5.41, 5.74) is 2.67. The van der Waals surface area contributed by atoms with E-state index in [1.165, 1.54) is 17.5 Å². The Morgan fingerprint density at radius 2 is 2.04 bits per heavy atom. The predicted octanol–water partition coefficient (Wildman–Crippen LogP) is 3.08. The van der Waals surface area contributed by atoms with Crippen LogP contribution in [0.4, 0.5) is 4.79 Å². The number of urea groups is 1. The zero-order chi connectivity index (χ0) is 17.2. The molecule has 1 fully saturated rings. The van der Waals surface area contributed by atoms with Gasteiger partial charge in [-0.3, -0.25) is 0 Å². The van der Waals surface area contributed by atoms with Gasteiger partial charge in [0.1, 0.15) is 0 Å². The van der Waals surface area contributed by atoms with Gasteiger partial charge >= 0.3 is 6.03 Å². The van der Waals surface area contributed by atoms with Crippen molar-refractivity contribution in [2.75, 3.05) is 26.2 Å². The van der Waals surface area contributed by atoms with Crippen molar-refractivity contribution < 1.29 is 9.90 Å². The summed E-state index contributed by atoms with van der Waals surface area (Å²) in [5, 5.41) is 12.7. The molecule has 0 bridgehead atoms. The second kappa shape index (κ2) is 6.75. The van der Waals surface area contributed by atoms with Crippen LogP contribution in [0.1, 0.15) is 50.7 Å². The van der Waals surface area contributed by atoms with Gasteiger partial charge in [0.2, 0.25) is 0 Å². The zero-order valence-electron chi connectivity index (χ0n) is 15.0. The summed E-state index contributed by atoms with van der Waals surface area (Å²) >= 11 is 0. The summed E-state index contributed by atoms with van der Waals surface area (Å²) in [7, 11) is 0. The Hall–Kier alpha value is -1.55. The van der Waals surface area contributed by atoms with Crippen molar-refractivity contribution in [1.82, 2.24) is 10.2 Å². The SMILES string of the molecule is CC1(CO)CCCN(C(=O)NCC2(C)CCCc3ccccc32)C1. The van der Waals surface area contributed by atoms with Crippen LogP contribution in [0, 0.1) is 5.41 Å². The molecular formula is C20H30N2O2. The monoisotopic (exact) mass is 330 g/mol. The number of aliphatic hydroxyl groups is 1. The standard InChI is InChI=1S/C20H30N2O2/c1-19(15-23)10-6-12-22(14-19)18(24)21-13-20(2)11-5-8-16-7-3-4-9-17(16)20/h3-4,7,9,23H,5-6,8,10-15H2,1-2H3,(H,21,24). The van der Waals surface area contributed by atoms with Gasteiger partial charge in [0.25, 0.3) is 0 Å². The quantitative estimate of drug-likeness (QED) is 0.895. The van der Waals surface area contributed by atoms with Crippen molar-refractivity contribution in [1.29, 1.82) is 0 Å². The molecule has 2 aliphatic rings. The summed E-state index contributed by atoms with van der Waals surface area (Å²) in [5.74, 6) is 0. The van der Waals surface area contributed by atoms with Crippen molar-refractivity contribution in [2.24, 2.45) is 5.41 Å². The first-order valence-corrected chi connectivity index (χ1v) is 9.18. The van der Waals surface area contributed by atoms with Crippen LogP contribution in [-0.2, 0) is 11.8 Å². The molecular weight excluding hydrogens is 300 g/mol. The lowest BCUT2D eigenvalue weighted by atomic mass is 9.71. The van der Waals surface area contributed by atoms with Gasteiger partial charge in [0.05, 0.1) is 6.61 Å². The molecule has 1 aliphatic carbocycles. The van der Waals surface area contributed by atoms with Crippen molar-refractivity contribution in [3.8, 4) is 0 Å². The molecule has 1 aliphatic heterocycles. The summed E-state index contributed by atoms with van der Waals surface area (Å²) < 4.78 is 0. The number of piperidine rings is 1. The smallest absolute Gasteiger partial charge is 0.317 e. The maximum absolute atomic E-state index is 12.6. The van der Waals surface area contributed by atoms with E-state index in [2.05, 4.69) is 43.4 Å². The Bertz CT molecular complexity index is 603. The number of nitrogens with zero attached hydrogens (tertiary/aromatic N) is 1. The fourth-order valence-corrected chi connectivity index (χ4v) is 4.31. The molecule has 3 rings (SSSR count). The van der Waals surface area contributed by atoms with Crippen LogP contribution < -0.4 is 5.32 Å². The predicted molar refractivity (Wildman–Crippen MR) is 96.1 cm³/mol. The minimum Gasteiger partial charge on any atom is -0.396 e. The molecule has 2 amide bonds. The average molecular weight is 330 g/mol. The number of nitrogens with one attached hydrogen (secondary N) is 1. The molecule has 1 heterocycles.